The zero-order valence-corrected chi connectivity index (χ0v) is 8.77. The van der Waals surface area contributed by atoms with E-state index in [2.05, 4.69) is 0 Å². The Bertz CT molecular complexity index is 477. The van der Waals surface area contributed by atoms with Gasteiger partial charge in [-0.1, -0.05) is 6.07 Å². The summed E-state index contributed by atoms with van der Waals surface area (Å²) in [7, 11) is 0. The van der Waals surface area contributed by atoms with Crippen molar-refractivity contribution in [3.63, 3.8) is 0 Å². The Kier molecular flexibility index (Phi) is 3.94. The average Bonchev–Trinajstić information content (AvgIpc) is 2.29. The van der Waals surface area contributed by atoms with Crippen LogP contribution < -0.4 is 4.74 Å². The van der Waals surface area contributed by atoms with Crippen LogP contribution in [0.3, 0.4) is 0 Å². The Hall–Kier alpha value is -2.46. The smallest absolute Gasteiger partial charge is 0.160 e. The van der Waals surface area contributed by atoms with E-state index >= 15 is 0 Å². The summed E-state index contributed by atoms with van der Waals surface area (Å²) in [6.45, 7) is 2.28. The van der Waals surface area contributed by atoms with Crippen molar-refractivity contribution in [2.75, 3.05) is 6.61 Å². The molecule has 1 rings (SSSR count). The van der Waals surface area contributed by atoms with E-state index < -0.39 is 0 Å². The molecule has 1 aromatic rings. The number of phenols is 1. The monoisotopic (exact) mass is 214 g/mol. The normalized spacial score (nSPS) is 8.69. The Morgan fingerprint density at radius 2 is 2.12 bits per heavy atom. The van der Waals surface area contributed by atoms with Gasteiger partial charge in [0.05, 0.1) is 6.61 Å². The molecule has 0 aliphatic carbocycles. The predicted molar refractivity (Wildman–Crippen MR) is 58.5 cm³/mol. The summed E-state index contributed by atoms with van der Waals surface area (Å²) in [5.74, 6) is 0.376. The number of rotatable bonds is 3. The number of phenolic OH excluding ortho intramolecular Hbond substituents is 1. The third-order valence-electron chi connectivity index (χ3n) is 1.83. The summed E-state index contributed by atoms with van der Waals surface area (Å²) in [5.41, 5.74) is 0.572. The molecule has 4 nitrogen and oxygen atoms in total. The van der Waals surface area contributed by atoms with Crippen LogP contribution in [0.4, 0.5) is 0 Å². The molecule has 4 heteroatoms. The largest absolute Gasteiger partial charge is 0.504 e. The molecule has 0 spiro atoms. The predicted octanol–water partition coefficient (Wildman–Crippen LogP) is 2.22. The summed E-state index contributed by atoms with van der Waals surface area (Å²) < 4.78 is 5.15. The number of aromatic hydroxyl groups is 1. The highest BCUT2D eigenvalue weighted by Crippen LogP contribution is 2.27. The van der Waals surface area contributed by atoms with E-state index in [1.165, 1.54) is 12.1 Å². The number of hydrogen-bond acceptors (Lipinski definition) is 4. The first kappa shape index (κ1) is 11.6. The topological polar surface area (TPSA) is 77.0 Å². The van der Waals surface area contributed by atoms with Gasteiger partial charge in [-0.25, -0.2) is 0 Å². The van der Waals surface area contributed by atoms with Crippen LogP contribution in [0.15, 0.2) is 23.8 Å². The van der Waals surface area contributed by atoms with Crippen molar-refractivity contribution in [1.29, 1.82) is 10.5 Å². The fourth-order valence-electron chi connectivity index (χ4n) is 1.16. The van der Waals surface area contributed by atoms with Gasteiger partial charge >= 0.3 is 0 Å². The first-order chi connectivity index (χ1) is 7.71. The molecule has 0 saturated heterocycles. The molecule has 0 fully saturated rings. The van der Waals surface area contributed by atoms with E-state index in [1.807, 2.05) is 6.92 Å². The van der Waals surface area contributed by atoms with Gasteiger partial charge in [0.25, 0.3) is 0 Å². The highest BCUT2D eigenvalue weighted by molar-refractivity contribution is 5.64. The van der Waals surface area contributed by atoms with E-state index in [9.17, 15) is 5.11 Å². The molecule has 0 unspecified atom stereocenters. The summed E-state index contributed by atoms with van der Waals surface area (Å²) in [4.78, 5) is 0. The van der Waals surface area contributed by atoms with Crippen LogP contribution in [0.2, 0.25) is 0 Å². The number of nitrogens with zero attached hydrogens (tertiary/aromatic N) is 2. The molecule has 0 aliphatic rings. The van der Waals surface area contributed by atoms with E-state index in [4.69, 9.17) is 15.3 Å². The molecule has 0 heterocycles. The number of hydrogen-bond donors (Lipinski definition) is 1. The molecule has 0 aromatic heterocycles. The third kappa shape index (κ3) is 2.76. The maximum atomic E-state index is 9.56. The zero-order chi connectivity index (χ0) is 12.0. The molecule has 1 N–H and O–H groups in total. The fraction of sp³-hybridized carbons (Fsp3) is 0.167. The van der Waals surface area contributed by atoms with Crippen molar-refractivity contribution in [2.24, 2.45) is 0 Å². The zero-order valence-electron chi connectivity index (χ0n) is 8.77. The van der Waals surface area contributed by atoms with Crippen molar-refractivity contribution in [3.8, 4) is 23.6 Å². The molecule has 0 saturated carbocycles. The van der Waals surface area contributed by atoms with E-state index in [1.54, 1.807) is 24.3 Å². The Labute approximate surface area is 93.6 Å². The van der Waals surface area contributed by atoms with Gasteiger partial charge in [0.15, 0.2) is 11.5 Å². The minimum Gasteiger partial charge on any atom is -0.504 e. The Morgan fingerprint density at radius 3 is 2.62 bits per heavy atom. The molecule has 0 bridgehead atoms. The van der Waals surface area contributed by atoms with E-state index in [0.717, 1.165) is 0 Å². The highest BCUT2D eigenvalue weighted by atomic mass is 16.5. The van der Waals surface area contributed by atoms with Crippen molar-refractivity contribution in [2.45, 2.75) is 6.92 Å². The Balaban J connectivity index is 3.04. The molecule has 0 amide bonds. The van der Waals surface area contributed by atoms with Gasteiger partial charge in [0.2, 0.25) is 0 Å². The Morgan fingerprint density at radius 1 is 1.44 bits per heavy atom. The van der Waals surface area contributed by atoms with Crippen LogP contribution in [0, 0.1) is 22.7 Å². The second kappa shape index (κ2) is 5.43. The molecule has 0 atom stereocenters. The van der Waals surface area contributed by atoms with E-state index in [-0.39, 0.29) is 11.3 Å². The summed E-state index contributed by atoms with van der Waals surface area (Å²) in [6, 6.07) is 8.20. The lowest BCUT2D eigenvalue weighted by molar-refractivity contribution is 0.318. The standard InChI is InChI=1S/C12H10N2O2/c1-2-16-12-4-3-9(6-11(12)15)5-10(7-13)8-14/h3-6,15H,2H2,1H3. The van der Waals surface area contributed by atoms with Gasteiger partial charge in [-0.05, 0) is 30.7 Å². The number of benzene rings is 1. The van der Waals surface area contributed by atoms with Crippen molar-refractivity contribution < 1.29 is 9.84 Å². The molecule has 16 heavy (non-hydrogen) atoms. The molecular weight excluding hydrogens is 204 g/mol. The number of ether oxygens (including phenoxy) is 1. The van der Waals surface area contributed by atoms with Crippen LogP contribution in [0.25, 0.3) is 6.08 Å². The number of allylic oxidation sites excluding steroid dienone is 1. The first-order valence-corrected chi connectivity index (χ1v) is 4.69. The second-order valence-corrected chi connectivity index (χ2v) is 2.94. The third-order valence-corrected chi connectivity index (χ3v) is 1.83. The lowest BCUT2D eigenvalue weighted by atomic mass is 10.1. The highest BCUT2D eigenvalue weighted by Gasteiger charge is 2.02. The lowest BCUT2D eigenvalue weighted by Gasteiger charge is -2.05. The van der Waals surface area contributed by atoms with Crippen molar-refractivity contribution in [3.05, 3.63) is 29.3 Å². The van der Waals surface area contributed by atoms with Crippen molar-refractivity contribution >= 4 is 6.08 Å². The van der Waals surface area contributed by atoms with Crippen LogP contribution in [-0.4, -0.2) is 11.7 Å². The maximum Gasteiger partial charge on any atom is 0.160 e. The second-order valence-electron chi connectivity index (χ2n) is 2.94. The van der Waals surface area contributed by atoms with Gasteiger partial charge in [-0.3, -0.25) is 0 Å². The quantitative estimate of drug-likeness (QED) is 0.782. The fourth-order valence-corrected chi connectivity index (χ4v) is 1.16. The molecule has 0 radical (unpaired) electrons. The summed E-state index contributed by atoms with van der Waals surface area (Å²) >= 11 is 0. The minimum absolute atomic E-state index is 0.00849. The molecule has 80 valence electrons. The summed E-state index contributed by atoms with van der Waals surface area (Å²) in [6.07, 6.45) is 1.40. The van der Waals surface area contributed by atoms with Crippen LogP contribution in [-0.2, 0) is 0 Å². The average molecular weight is 214 g/mol. The van der Waals surface area contributed by atoms with Gasteiger partial charge < -0.3 is 9.84 Å². The van der Waals surface area contributed by atoms with Crippen LogP contribution in [0.1, 0.15) is 12.5 Å². The van der Waals surface area contributed by atoms with Gasteiger partial charge in [-0.15, -0.1) is 0 Å². The minimum atomic E-state index is -0.0106. The van der Waals surface area contributed by atoms with Crippen molar-refractivity contribution in [1.82, 2.24) is 0 Å². The van der Waals surface area contributed by atoms with Gasteiger partial charge in [0, 0.05) is 0 Å². The van der Waals surface area contributed by atoms with Crippen LogP contribution in [0.5, 0.6) is 11.5 Å². The van der Waals surface area contributed by atoms with Gasteiger partial charge in [0.1, 0.15) is 17.7 Å². The SMILES string of the molecule is CCOc1ccc(C=C(C#N)C#N)cc1O. The molecule has 1 aromatic carbocycles. The number of nitriles is 2. The maximum absolute atomic E-state index is 9.56. The summed E-state index contributed by atoms with van der Waals surface area (Å²) in [5, 5.41) is 26.7. The molecule has 0 aliphatic heterocycles. The lowest BCUT2D eigenvalue weighted by Crippen LogP contribution is -1.91. The first-order valence-electron chi connectivity index (χ1n) is 4.69. The molecular formula is C12H10N2O2. The van der Waals surface area contributed by atoms with Gasteiger partial charge in [-0.2, -0.15) is 10.5 Å². The van der Waals surface area contributed by atoms with Crippen LogP contribution >= 0.6 is 0 Å². The van der Waals surface area contributed by atoms with E-state index in [0.29, 0.717) is 17.9 Å².